The molecule has 0 spiro atoms. The van der Waals surface area contributed by atoms with Crippen molar-refractivity contribution in [1.29, 1.82) is 0 Å². The number of rotatable bonds is 8. The van der Waals surface area contributed by atoms with Crippen molar-refractivity contribution in [2.24, 2.45) is 0 Å². The number of fused-ring (bicyclic) bond motifs is 1. The molecule has 0 saturated heterocycles. The van der Waals surface area contributed by atoms with E-state index in [4.69, 9.17) is 4.74 Å². The van der Waals surface area contributed by atoms with Crippen molar-refractivity contribution >= 4 is 18.0 Å². The molecule has 0 bridgehead atoms. The van der Waals surface area contributed by atoms with Crippen molar-refractivity contribution in [2.75, 3.05) is 0 Å². The van der Waals surface area contributed by atoms with Crippen LogP contribution in [-0.2, 0) is 40.3 Å². The number of carboxylic acids is 1. The SMILES string of the molecule is O=C(O)[C@H](Cc1ccc(-c2ccccc2)cc1)NC(=O)[C@@H]1Cc2ccccc2CN1C(=O)OCc1ccccc1. The number of benzene rings is 4. The van der Waals surface area contributed by atoms with Crippen molar-refractivity contribution in [1.82, 2.24) is 10.2 Å². The lowest BCUT2D eigenvalue weighted by Crippen LogP contribution is -2.56. The van der Waals surface area contributed by atoms with Crippen LogP contribution in [0.3, 0.4) is 0 Å². The van der Waals surface area contributed by atoms with Crippen LogP contribution in [0, 0.1) is 0 Å². The quantitative estimate of drug-likeness (QED) is 0.323. The second kappa shape index (κ2) is 12.3. The van der Waals surface area contributed by atoms with Crippen LogP contribution >= 0.6 is 0 Å². The van der Waals surface area contributed by atoms with Gasteiger partial charge in [-0.15, -0.1) is 0 Å². The standard InChI is InChI=1S/C33H30N2O5/c36-31(34-29(32(37)38)19-23-15-17-26(18-16-23)25-11-5-2-6-12-25)30-20-27-13-7-8-14-28(27)21-35(30)33(39)40-22-24-9-3-1-4-10-24/h1-18,29-30H,19-22H2,(H,34,36)(H,37,38)/t29-,30-/m0/s1. The highest BCUT2D eigenvalue weighted by Gasteiger charge is 2.37. The highest BCUT2D eigenvalue weighted by Crippen LogP contribution is 2.25. The van der Waals surface area contributed by atoms with Gasteiger partial charge in [0.1, 0.15) is 18.7 Å². The van der Waals surface area contributed by atoms with E-state index in [0.717, 1.165) is 33.4 Å². The topological polar surface area (TPSA) is 95.9 Å². The summed E-state index contributed by atoms with van der Waals surface area (Å²) in [6.07, 6.45) is -0.250. The van der Waals surface area contributed by atoms with Crippen LogP contribution < -0.4 is 5.32 Å². The molecule has 2 N–H and O–H groups in total. The van der Waals surface area contributed by atoms with Gasteiger partial charge in [0, 0.05) is 12.8 Å². The van der Waals surface area contributed by atoms with E-state index in [1.165, 1.54) is 4.90 Å². The van der Waals surface area contributed by atoms with E-state index in [0.29, 0.717) is 0 Å². The Morgan fingerprint density at radius 2 is 1.38 bits per heavy atom. The molecule has 5 rings (SSSR count). The maximum absolute atomic E-state index is 13.5. The number of ether oxygens (including phenoxy) is 1. The predicted octanol–water partition coefficient (Wildman–Crippen LogP) is 5.23. The fourth-order valence-electron chi connectivity index (χ4n) is 4.92. The van der Waals surface area contributed by atoms with Gasteiger partial charge in [0.2, 0.25) is 5.91 Å². The van der Waals surface area contributed by atoms with Gasteiger partial charge in [-0.2, -0.15) is 0 Å². The molecule has 1 aliphatic heterocycles. The average Bonchev–Trinajstić information content (AvgIpc) is 3.00. The molecular weight excluding hydrogens is 504 g/mol. The number of hydrogen-bond donors (Lipinski definition) is 2. The lowest BCUT2D eigenvalue weighted by atomic mass is 9.93. The summed E-state index contributed by atoms with van der Waals surface area (Å²) in [7, 11) is 0. The van der Waals surface area contributed by atoms with Gasteiger partial charge < -0.3 is 15.2 Å². The summed E-state index contributed by atoms with van der Waals surface area (Å²) >= 11 is 0. The lowest BCUT2D eigenvalue weighted by Gasteiger charge is -2.35. The van der Waals surface area contributed by atoms with Crippen LogP contribution in [0.25, 0.3) is 11.1 Å². The molecule has 2 amide bonds. The van der Waals surface area contributed by atoms with Crippen molar-refractivity contribution in [2.45, 2.75) is 38.1 Å². The Hall–Kier alpha value is -4.91. The van der Waals surface area contributed by atoms with E-state index in [9.17, 15) is 19.5 Å². The molecule has 0 saturated carbocycles. The van der Waals surface area contributed by atoms with E-state index in [-0.39, 0.29) is 26.0 Å². The highest BCUT2D eigenvalue weighted by molar-refractivity contribution is 5.90. The number of amides is 2. The Balaban J connectivity index is 1.30. The molecule has 4 aromatic rings. The minimum Gasteiger partial charge on any atom is -0.480 e. The van der Waals surface area contributed by atoms with E-state index < -0.39 is 30.1 Å². The normalized spacial score (nSPS) is 15.0. The van der Waals surface area contributed by atoms with E-state index in [1.54, 1.807) is 0 Å². The Kier molecular flexibility index (Phi) is 8.21. The molecule has 2 atom stereocenters. The molecule has 0 aliphatic carbocycles. The molecule has 0 unspecified atom stereocenters. The molecule has 7 heteroatoms. The maximum atomic E-state index is 13.5. The fourth-order valence-corrected chi connectivity index (χ4v) is 4.92. The van der Waals surface area contributed by atoms with Gasteiger partial charge >= 0.3 is 12.1 Å². The van der Waals surface area contributed by atoms with Crippen molar-refractivity contribution < 1.29 is 24.2 Å². The van der Waals surface area contributed by atoms with Gasteiger partial charge in [0.25, 0.3) is 0 Å². The molecule has 1 heterocycles. The molecular formula is C33H30N2O5. The predicted molar refractivity (Wildman–Crippen MR) is 151 cm³/mol. The summed E-state index contributed by atoms with van der Waals surface area (Å²) < 4.78 is 5.55. The van der Waals surface area contributed by atoms with Crippen LogP contribution in [0.4, 0.5) is 4.79 Å². The first-order valence-electron chi connectivity index (χ1n) is 13.2. The third-order valence-corrected chi connectivity index (χ3v) is 7.11. The Bertz CT molecular complexity index is 1470. The molecule has 0 radical (unpaired) electrons. The van der Waals surface area contributed by atoms with Crippen LogP contribution in [-0.4, -0.2) is 40.1 Å². The third kappa shape index (κ3) is 6.38. The van der Waals surface area contributed by atoms with Crippen molar-refractivity contribution in [3.63, 3.8) is 0 Å². The van der Waals surface area contributed by atoms with Crippen molar-refractivity contribution in [3.05, 3.63) is 131 Å². The Labute approximate surface area is 233 Å². The smallest absolute Gasteiger partial charge is 0.411 e. The minimum atomic E-state index is -1.16. The summed E-state index contributed by atoms with van der Waals surface area (Å²) in [5.41, 5.74) is 5.56. The molecule has 40 heavy (non-hydrogen) atoms. The molecule has 7 nitrogen and oxygen atoms in total. The molecule has 1 aliphatic rings. The van der Waals surface area contributed by atoms with Gasteiger partial charge in [-0.05, 0) is 33.4 Å². The first kappa shape index (κ1) is 26.7. The van der Waals surface area contributed by atoms with Gasteiger partial charge in [0.15, 0.2) is 0 Å². The minimum absolute atomic E-state index is 0.0723. The number of hydrogen-bond acceptors (Lipinski definition) is 4. The van der Waals surface area contributed by atoms with Gasteiger partial charge in [-0.3, -0.25) is 9.69 Å². The number of nitrogens with zero attached hydrogens (tertiary/aromatic N) is 1. The lowest BCUT2D eigenvalue weighted by molar-refractivity contribution is -0.142. The summed E-state index contributed by atoms with van der Waals surface area (Å²) in [5.74, 6) is -1.67. The van der Waals surface area contributed by atoms with Gasteiger partial charge in [0.05, 0.1) is 6.54 Å². The van der Waals surface area contributed by atoms with E-state index in [2.05, 4.69) is 5.32 Å². The van der Waals surface area contributed by atoms with Crippen LogP contribution in [0.15, 0.2) is 109 Å². The van der Waals surface area contributed by atoms with Crippen molar-refractivity contribution in [3.8, 4) is 11.1 Å². The van der Waals surface area contributed by atoms with Crippen LogP contribution in [0.1, 0.15) is 22.3 Å². The number of carbonyl (C=O) groups is 3. The molecule has 0 fully saturated rings. The molecule has 0 aromatic heterocycles. The Morgan fingerprint density at radius 3 is 2.05 bits per heavy atom. The maximum Gasteiger partial charge on any atom is 0.411 e. The van der Waals surface area contributed by atoms with E-state index >= 15 is 0 Å². The van der Waals surface area contributed by atoms with Gasteiger partial charge in [-0.1, -0.05) is 109 Å². The number of carbonyl (C=O) groups excluding carboxylic acids is 2. The second-order valence-electron chi connectivity index (χ2n) is 9.82. The second-order valence-corrected chi connectivity index (χ2v) is 9.82. The van der Waals surface area contributed by atoms with Gasteiger partial charge in [-0.25, -0.2) is 9.59 Å². The first-order chi connectivity index (χ1) is 19.5. The number of carboxylic acid groups (broad SMARTS) is 1. The first-order valence-corrected chi connectivity index (χ1v) is 13.2. The average molecular weight is 535 g/mol. The van der Waals surface area contributed by atoms with E-state index in [1.807, 2.05) is 109 Å². The third-order valence-electron chi connectivity index (χ3n) is 7.11. The van der Waals surface area contributed by atoms with Crippen LogP contribution in [0.2, 0.25) is 0 Å². The summed E-state index contributed by atoms with van der Waals surface area (Å²) in [6, 6.07) is 32.4. The summed E-state index contributed by atoms with van der Waals surface area (Å²) in [4.78, 5) is 40.2. The molecule has 202 valence electrons. The zero-order valence-electron chi connectivity index (χ0n) is 21.9. The number of nitrogens with one attached hydrogen (secondary N) is 1. The largest absolute Gasteiger partial charge is 0.480 e. The zero-order valence-corrected chi connectivity index (χ0v) is 21.9. The Morgan fingerprint density at radius 1 is 0.775 bits per heavy atom. The fraction of sp³-hybridized carbons (Fsp3) is 0.182. The highest BCUT2D eigenvalue weighted by atomic mass is 16.6. The zero-order chi connectivity index (χ0) is 27.9. The summed E-state index contributed by atoms with van der Waals surface area (Å²) in [5, 5.41) is 12.6. The number of aliphatic carboxylic acids is 1. The molecule has 4 aromatic carbocycles. The monoisotopic (exact) mass is 534 g/mol. The summed E-state index contributed by atoms with van der Waals surface area (Å²) in [6.45, 7) is 0.267. The van der Waals surface area contributed by atoms with Crippen LogP contribution in [0.5, 0.6) is 0 Å².